The van der Waals surface area contributed by atoms with Crippen LogP contribution in [0.5, 0.6) is 0 Å². The molecule has 100 valence electrons. The maximum absolute atomic E-state index is 6.03. The topological polar surface area (TPSA) is 67.6 Å². The van der Waals surface area contributed by atoms with E-state index in [4.69, 9.17) is 5.73 Å². The van der Waals surface area contributed by atoms with Crippen LogP contribution in [0.4, 0.5) is 5.82 Å². The van der Waals surface area contributed by atoms with Crippen molar-refractivity contribution in [1.82, 2.24) is 15.2 Å². The van der Waals surface area contributed by atoms with Crippen molar-refractivity contribution in [1.29, 1.82) is 0 Å². The second kappa shape index (κ2) is 5.38. The molecule has 0 aliphatic heterocycles. The predicted octanol–water partition coefficient (Wildman–Crippen LogP) is 3.44. The van der Waals surface area contributed by atoms with Crippen molar-refractivity contribution in [3.05, 3.63) is 48.8 Å². The van der Waals surface area contributed by atoms with Gasteiger partial charge in [-0.05, 0) is 18.4 Å². The molecule has 0 radical (unpaired) electrons. The van der Waals surface area contributed by atoms with Gasteiger partial charge in [-0.15, -0.1) is 11.8 Å². The third kappa shape index (κ3) is 2.16. The summed E-state index contributed by atoms with van der Waals surface area (Å²) in [4.78, 5) is 5.34. The predicted molar refractivity (Wildman–Crippen MR) is 83.4 cm³/mol. The molecular formula is C15H14N4S. The standard InChI is InChI=1S/C15H14N4S/c1-20-12-7-3-2-6-11(12)14-13(15(16)19-18-14)10-5-4-8-17-9-10/h2-9H,1H3,(H3,16,18,19). The number of pyridine rings is 1. The molecule has 2 aromatic heterocycles. The number of H-pyrrole nitrogens is 1. The quantitative estimate of drug-likeness (QED) is 0.722. The Balaban J connectivity index is 2.22. The van der Waals surface area contributed by atoms with Crippen molar-refractivity contribution in [2.24, 2.45) is 0 Å². The maximum Gasteiger partial charge on any atom is 0.153 e. The fourth-order valence-corrected chi connectivity index (χ4v) is 2.81. The van der Waals surface area contributed by atoms with Gasteiger partial charge in [-0.25, -0.2) is 0 Å². The Morgan fingerprint density at radius 2 is 2.00 bits per heavy atom. The van der Waals surface area contributed by atoms with Crippen LogP contribution in [-0.2, 0) is 0 Å². The Hall–Kier alpha value is -2.27. The summed E-state index contributed by atoms with van der Waals surface area (Å²) in [5, 5.41) is 7.21. The van der Waals surface area contributed by atoms with Gasteiger partial charge in [0.15, 0.2) is 5.82 Å². The van der Waals surface area contributed by atoms with Crippen LogP contribution in [0, 0.1) is 0 Å². The Bertz CT molecular complexity index is 722. The highest BCUT2D eigenvalue weighted by Crippen LogP contribution is 2.37. The highest BCUT2D eigenvalue weighted by atomic mass is 32.2. The summed E-state index contributed by atoms with van der Waals surface area (Å²) in [6, 6.07) is 12.1. The van der Waals surface area contributed by atoms with E-state index in [-0.39, 0.29) is 0 Å². The minimum Gasteiger partial charge on any atom is -0.382 e. The zero-order chi connectivity index (χ0) is 13.9. The van der Waals surface area contributed by atoms with Crippen molar-refractivity contribution >= 4 is 17.6 Å². The smallest absolute Gasteiger partial charge is 0.153 e. The van der Waals surface area contributed by atoms with Gasteiger partial charge in [0.05, 0.1) is 11.3 Å². The molecular weight excluding hydrogens is 268 g/mol. The third-order valence-electron chi connectivity index (χ3n) is 3.12. The molecule has 0 spiro atoms. The second-order valence-corrected chi connectivity index (χ2v) is 5.15. The highest BCUT2D eigenvalue weighted by Gasteiger charge is 2.16. The van der Waals surface area contributed by atoms with Gasteiger partial charge in [-0.3, -0.25) is 10.1 Å². The molecule has 3 N–H and O–H groups in total. The fourth-order valence-electron chi connectivity index (χ4n) is 2.20. The van der Waals surface area contributed by atoms with Crippen molar-refractivity contribution in [3.8, 4) is 22.4 Å². The normalized spacial score (nSPS) is 10.7. The first-order chi connectivity index (χ1) is 9.81. The van der Waals surface area contributed by atoms with Gasteiger partial charge in [0, 0.05) is 28.4 Å². The molecule has 4 nitrogen and oxygen atoms in total. The van der Waals surface area contributed by atoms with Crippen LogP contribution in [0.15, 0.2) is 53.7 Å². The maximum atomic E-state index is 6.03. The molecule has 0 aliphatic carbocycles. The van der Waals surface area contributed by atoms with Gasteiger partial charge < -0.3 is 5.73 Å². The molecule has 3 rings (SSSR count). The molecule has 0 saturated heterocycles. The molecule has 2 heterocycles. The molecule has 0 unspecified atom stereocenters. The van der Waals surface area contributed by atoms with Crippen molar-refractivity contribution in [2.75, 3.05) is 12.0 Å². The zero-order valence-electron chi connectivity index (χ0n) is 11.0. The lowest BCUT2D eigenvalue weighted by atomic mass is 10.0. The molecule has 0 saturated carbocycles. The van der Waals surface area contributed by atoms with E-state index < -0.39 is 0 Å². The van der Waals surface area contributed by atoms with E-state index in [1.165, 1.54) is 4.90 Å². The minimum absolute atomic E-state index is 0.490. The molecule has 0 atom stereocenters. The lowest BCUT2D eigenvalue weighted by Gasteiger charge is -2.08. The van der Waals surface area contributed by atoms with E-state index >= 15 is 0 Å². The van der Waals surface area contributed by atoms with Crippen LogP contribution >= 0.6 is 11.8 Å². The Morgan fingerprint density at radius 3 is 2.75 bits per heavy atom. The monoisotopic (exact) mass is 282 g/mol. The summed E-state index contributed by atoms with van der Waals surface area (Å²) in [7, 11) is 0. The number of nitrogens with zero attached hydrogens (tertiary/aromatic N) is 2. The van der Waals surface area contributed by atoms with Crippen LogP contribution in [0.25, 0.3) is 22.4 Å². The van der Waals surface area contributed by atoms with Crippen LogP contribution in [0.3, 0.4) is 0 Å². The largest absolute Gasteiger partial charge is 0.382 e. The molecule has 0 aliphatic rings. The number of hydrogen-bond donors (Lipinski definition) is 2. The van der Waals surface area contributed by atoms with E-state index in [0.717, 1.165) is 22.4 Å². The summed E-state index contributed by atoms with van der Waals surface area (Å²) in [5.74, 6) is 0.490. The number of nitrogens with one attached hydrogen (secondary N) is 1. The van der Waals surface area contributed by atoms with Gasteiger partial charge in [-0.1, -0.05) is 24.3 Å². The second-order valence-electron chi connectivity index (χ2n) is 4.30. The summed E-state index contributed by atoms with van der Waals surface area (Å²) in [5.41, 5.74) is 9.92. The molecule has 1 aromatic carbocycles. The third-order valence-corrected chi connectivity index (χ3v) is 3.92. The van der Waals surface area contributed by atoms with E-state index in [1.807, 2.05) is 24.3 Å². The Kier molecular flexibility index (Phi) is 3.43. The molecule has 3 aromatic rings. The number of nitrogen functional groups attached to an aromatic ring is 1. The lowest BCUT2D eigenvalue weighted by Crippen LogP contribution is -1.90. The SMILES string of the molecule is CSc1ccccc1-c1[nH]nc(N)c1-c1cccnc1. The summed E-state index contributed by atoms with van der Waals surface area (Å²) in [6.45, 7) is 0. The highest BCUT2D eigenvalue weighted by molar-refractivity contribution is 7.98. The number of rotatable bonds is 3. The van der Waals surface area contributed by atoms with Crippen LogP contribution < -0.4 is 5.73 Å². The van der Waals surface area contributed by atoms with Crippen LogP contribution in [0.2, 0.25) is 0 Å². The first-order valence-electron chi connectivity index (χ1n) is 6.19. The number of aromatic nitrogens is 3. The summed E-state index contributed by atoms with van der Waals surface area (Å²) in [6.07, 6.45) is 5.60. The summed E-state index contributed by atoms with van der Waals surface area (Å²) < 4.78 is 0. The fraction of sp³-hybridized carbons (Fsp3) is 0.0667. The minimum atomic E-state index is 0.490. The lowest BCUT2D eigenvalue weighted by molar-refractivity contribution is 1.10. The number of hydrogen-bond acceptors (Lipinski definition) is 4. The average Bonchev–Trinajstić information content (AvgIpc) is 2.89. The number of aromatic amines is 1. The van der Waals surface area contributed by atoms with Gasteiger partial charge in [-0.2, -0.15) is 5.10 Å². The molecule has 20 heavy (non-hydrogen) atoms. The first-order valence-corrected chi connectivity index (χ1v) is 7.41. The zero-order valence-corrected chi connectivity index (χ0v) is 11.8. The van der Waals surface area contributed by atoms with Gasteiger partial charge in [0.2, 0.25) is 0 Å². The van der Waals surface area contributed by atoms with Crippen molar-refractivity contribution < 1.29 is 0 Å². The summed E-state index contributed by atoms with van der Waals surface area (Å²) >= 11 is 1.70. The van der Waals surface area contributed by atoms with Gasteiger partial charge >= 0.3 is 0 Å². The Morgan fingerprint density at radius 1 is 1.15 bits per heavy atom. The van der Waals surface area contributed by atoms with E-state index in [0.29, 0.717) is 5.82 Å². The number of thioether (sulfide) groups is 1. The number of benzene rings is 1. The van der Waals surface area contributed by atoms with E-state index in [2.05, 4.69) is 33.6 Å². The van der Waals surface area contributed by atoms with Crippen LogP contribution in [0.1, 0.15) is 0 Å². The molecule has 5 heteroatoms. The van der Waals surface area contributed by atoms with Gasteiger partial charge in [0.1, 0.15) is 0 Å². The van der Waals surface area contributed by atoms with Crippen LogP contribution in [-0.4, -0.2) is 21.4 Å². The molecule has 0 fully saturated rings. The van der Waals surface area contributed by atoms with E-state index in [9.17, 15) is 0 Å². The Labute approximate surface area is 121 Å². The van der Waals surface area contributed by atoms with Crippen molar-refractivity contribution in [3.63, 3.8) is 0 Å². The van der Waals surface area contributed by atoms with E-state index in [1.54, 1.807) is 24.2 Å². The number of nitrogens with two attached hydrogens (primary N) is 1. The number of anilines is 1. The molecule has 0 amide bonds. The van der Waals surface area contributed by atoms with Gasteiger partial charge in [0.25, 0.3) is 0 Å². The first kappa shape index (κ1) is 12.7. The van der Waals surface area contributed by atoms with Crippen molar-refractivity contribution in [2.45, 2.75) is 4.90 Å². The average molecular weight is 282 g/mol. The molecule has 0 bridgehead atoms.